The molecular formula is C15H19ClO5S. The Bertz CT molecular complexity index is 559. The van der Waals surface area contributed by atoms with E-state index >= 15 is 0 Å². The molecule has 22 heavy (non-hydrogen) atoms. The molecular weight excluding hydrogens is 328 g/mol. The summed E-state index contributed by atoms with van der Waals surface area (Å²) in [7, 11) is -1.35. The predicted molar refractivity (Wildman–Crippen MR) is 84.9 cm³/mol. The third-order valence-electron chi connectivity index (χ3n) is 2.64. The lowest BCUT2D eigenvalue weighted by atomic mass is 10.3. The molecule has 1 rings (SSSR count). The van der Waals surface area contributed by atoms with Gasteiger partial charge in [0, 0.05) is 31.5 Å². The highest BCUT2D eigenvalue weighted by molar-refractivity contribution is 7.85. The molecule has 5 nitrogen and oxygen atoms in total. The molecule has 0 saturated carbocycles. The van der Waals surface area contributed by atoms with Crippen LogP contribution in [0.2, 0.25) is 0 Å². The zero-order chi connectivity index (χ0) is 16.5. The Morgan fingerprint density at radius 3 is 2.36 bits per heavy atom. The maximum absolute atomic E-state index is 12.4. The number of carbonyl (C=O) groups excluding carboxylic acids is 2. The van der Waals surface area contributed by atoms with Crippen LogP contribution in [0.1, 0.15) is 33.1 Å². The van der Waals surface area contributed by atoms with Crippen LogP contribution in [-0.4, -0.2) is 27.8 Å². The number of hydrogen-bond acceptors (Lipinski definition) is 5. The number of carbonyl (C=O) groups is 2. The first-order valence-corrected chi connectivity index (χ1v) is 8.74. The molecule has 0 unspecified atom stereocenters. The molecule has 7 heteroatoms. The Kier molecular flexibility index (Phi) is 8.12. The highest BCUT2D eigenvalue weighted by Crippen LogP contribution is 2.28. The van der Waals surface area contributed by atoms with E-state index in [-0.39, 0.29) is 11.5 Å². The quantitative estimate of drug-likeness (QED) is 0.313. The Morgan fingerprint density at radius 2 is 1.77 bits per heavy atom. The molecule has 0 heterocycles. The predicted octanol–water partition coefficient (Wildman–Crippen LogP) is 3.05. The Balaban J connectivity index is 2.91. The van der Waals surface area contributed by atoms with E-state index in [0.717, 1.165) is 19.3 Å². The van der Waals surface area contributed by atoms with Crippen molar-refractivity contribution >= 4 is 34.3 Å². The van der Waals surface area contributed by atoms with Crippen molar-refractivity contribution in [2.24, 2.45) is 0 Å². The van der Waals surface area contributed by atoms with Crippen LogP contribution in [0.25, 0.3) is 0 Å². The standard InChI is InChI=1S/C15H19ClO5S/c1-11(17)20-13-6-7-14(21-12(2)18)15(10-13)22(19)9-5-3-4-8-16/h6-7,10H,3-5,8-9H2,1-2H3/t22-/m1/s1. The van der Waals surface area contributed by atoms with Gasteiger partial charge in [0.15, 0.2) is 0 Å². The number of ether oxygens (including phenoxy) is 2. The highest BCUT2D eigenvalue weighted by Gasteiger charge is 2.15. The fourth-order valence-corrected chi connectivity index (χ4v) is 3.21. The van der Waals surface area contributed by atoms with Gasteiger partial charge < -0.3 is 9.47 Å². The van der Waals surface area contributed by atoms with Gasteiger partial charge in [-0.05, 0) is 25.0 Å². The summed E-state index contributed by atoms with van der Waals surface area (Å²) in [5.74, 6) is 0.522. The van der Waals surface area contributed by atoms with Crippen LogP contribution in [0, 0.1) is 0 Å². The fourth-order valence-electron chi connectivity index (χ4n) is 1.75. The number of benzene rings is 1. The molecule has 0 aliphatic heterocycles. The van der Waals surface area contributed by atoms with Crippen LogP contribution in [0.15, 0.2) is 23.1 Å². The highest BCUT2D eigenvalue weighted by atomic mass is 35.5. The second kappa shape index (κ2) is 9.58. The van der Waals surface area contributed by atoms with Gasteiger partial charge in [-0.15, -0.1) is 11.6 Å². The third kappa shape index (κ3) is 6.58. The van der Waals surface area contributed by atoms with Crippen molar-refractivity contribution < 1.29 is 23.3 Å². The number of esters is 2. The zero-order valence-electron chi connectivity index (χ0n) is 12.6. The van der Waals surface area contributed by atoms with E-state index in [9.17, 15) is 13.8 Å². The summed E-state index contributed by atoms with van der Waals surface area (Å²) in [6, 6.07) is 4.44. The maximum atomic E-state index is 12.4. The Hall–Kier alpha value is -1.40. The lowest BCUT2D eigenvalue weighted by Gasteiger charge is -2.11. The van der Waals surface area contributed by atoms with Gasteiger partial charge in [-0.2, -0.15) is 0 Å². The van der Waals surface area contributed by atoms with Crippen molar-refractivity contribution in [1.82, 2.24) is 0 Å². The van der Waals surface area contributed by atoms with Gasteiger partial charge in [0.05, 0.1) is 15.7 Å². The van der Waals surface area contributed by atoms with Crippen molar-refractivity contribution in [3.05, 3.63) is 18.2 Å². The second-order valence-corrected chi connectivity index (χ2v) is 6.51. The smallest absolute Gasteiger partial charge is 0.308 e. The van der Waals surface area contributed by atoms with Crippen molar-refractivity contribution in [3.8, 4) is 11.5 Å². The normalized spacial score (nSPS) is 11.8. The Morgan fingerprint density at radius 1 is 1.09 bits per heavy atom. The van der Waals surface area contributed by atoms with Crippen LogP contribution < -0.4 is 9.47 Å². The monoisotopic (exact) mass is 346 g/mol. The number of unbranched alkanes of at least 4 members (excludes halogenated alkanes) is 2. The van der Waals surface area contributed by atoms with Crippen LogP contribution >= 0.6 is 11.6 Å². The van der Waals surface area contributed by atoms with E-state index < -0.39 is 22.7 Å². The molecule has 1 aromatic rings. The average molecular weight is 347 g/mol. The molecule has 0 aliphatic carbocycles. The van der Waals surface area contributed by atoms with E-state index in [2.05, 4.69) is 0 Å². The summed E-state index contributed by atoms with van der Waals surface area (Å²) in [5, 5.41) is 0. The largest absolute Gasteiger partial charge is 0.427 e. The second-order valence-electron chi connectivity index (χ2n) is 4.60. The first-order chi connectivity index (χ1) is 10.4. The first kappa shape index (κ1) is 18.6. The average Bonchev–Trinajstić information content (AvgIpc) is 2.44. The van der Waals surface area contributed by atoms with Crippen LogP contribution in [-0.2, 0) is 20.4 Å². The van der Waals surface area contributed by atoms with Gasteiger partial charge in [-0.1, -0.05) is 6.42 Å². The van der Waals surface area contributed by atoms with Crippen molar-refractivity contribution in [2.45, 2.75) is 38.0 Å². The first-order valence-electron chi connectivity index (χ1n) is 6.89. The number of rotatable bonds is 8. The van der Waals surface area contributed by atoms with Gasteiger partial charge in [-0.25, -0.2) is 0 Å². The molecule has 0 spiro atoms. The number of hydrogen-bond donors (Lipinski definition) is 0. The molecule has 0 aliphatic rings. The van der Waals surface area contributed by atoms with E-state index in [4.69, 9.17) is 21.1 Å². The molecule has 0 amide bonds. The lowest BCUT2D eigenvalue weighted by molar-refractivity contribution is -0.133. The summed E-state index contributed by atoms with van der Waals surface area (Å²) >= 11 is 5.60. The number of halogens is 1. The summed E-state index contributed by atoms with van der Waals surface area (Å²) in [6.45, 7) is 2.55. The van der Waals surface area contributed by atoms with Crippen molar-refractivity contribution in [1.29, 1.82) is 0 Å². The van der Waals surface area contributed by atoms with Gasteiger partial charge in [0.25, 0.3) is 0 Å². The zero-order valence-corrected chi connectivity index (χ0v) is 14.2. The van der Waals surface area contributed by atoms with Gasteiger partial charge in [-0.3, -0.25) is 13.8 Å². The van der Waals surface area contributed by atoms with Gasteiger partial charge in [0.2, 0.25) is 0 Å². The van der Waals surface area contributed by atoms with Crippen LogP contribution in [0.5, 0.6) is 11.5 Å². The van der Waals surface area contributed by atoms with E-state index in [1.165, 1.54) is 32.0 Å². The molecule has 1 atom stereocenters. The molecule has 0 N–H and O–H groups in total. The Labute approximate surface area is 137 Å². The molecule has 0 bridgehead atoms. The summed E-state index contributed by atoms with van der Waals surface area (Å²) in [6.07, 6.45) is 2.49. The third-order valence-corrected chi connectivity index (χ3v) is 4.38. The molecule has 0 fully saturated rings. The molecule has 0 radical (unpaired) electrons. The van der Waals surface area contributed by atoms with Gasteiger partial charge >= 0.3 is 11.9 Å². The molecule has 122 valence electrons. The SMILES string of the molecule is CC(=O)Oc1ccc(OC(C)=O)c([S@](=O)CCCCCCl)c1. The van der Waals surface area contributed by atoms with Crippen molar-refractivity contribution in [3.63, 3.8) is 0 Å². The van der Waals surface area contributed by atoms with E-state index in [0.29, 0.717) is 16.5 Å². The summed E-state index contributed by atoms with van der Waals surface area (Å²) in [5.41, 5.74) is 0. The van der Waals surface area contributed by atoms with Crippen LogP contribution in [0.4, 0.5) is 0 Å². The topological polar surface area (TPSA) is 69.7 Å². The minimum absolute atomic E-state index is 0.221. The van der Waals surface area contributed by atoms with Crippen LogP contribution in [0.3, 0.4) is 0 Å². The summed E-state index contributed by atoms with van der Waals surface area (Å²) < 4.78 is 22.4. The molecule has 0 aromatic heterocycles. The minimum Gasteiger partial charge on any atom is -0.427 e. The van der Waals surface area contributed by atoms with E-state index in [1.807, 2.05) is 0 Å². The minimum atomic E-state index is -1.35. The van der Waals surface area contributed by atoms with Gasteiger partial charge in [0.1, 0.15) is 11.5 Å². The lowest BCUT2D eigenvalue weighted by Crippen LogP contribution is -2.08. The fraction of sp³-hybridized carbons (Fsp3) is 0.467. The summed E-state index contributed by atoms with van der Waals surface area (Å²) in [4.78, 5) is 22.5. The van der Waals surface area contributed by atoms with E-state index in [1.54, 1.807) is 0 Å². The molecule has 1 aromatic carbocycles. The number of alkyl halides is 1. The maximum Gasteiger partial charge on any atom is 0.308 e. The molecule has 0 saturated heterocycles. The van der Waals surface area contributed by atoms with Crippen molar-refractivity contribution in [2.75, 3.05) is 11.6 Å².